The van der Waals surface area contributed by atoms with Crippen LogP contribution in [-0.4, -0.2) is 36.6 Å². The monoisotopic (exact) mass is 614 g/mol. The first-order valence-electron chi connectivity index (χ1n) is 11.2. The minimum absolute atomic E-state index is 0.0000126. The van der Waals surface area contributed by atoms with E-state index in [1.54, 1.807) is 17.4 Å². The van der Waals surface area contributed by atoms with Crippen molar-refractivity contribution >= 4 is 66.4 Å². The molecule has 186 valence electrons. The fourth-order valence-electron chi connectivity index (χ4n) is 4.20. The van der Waals surface area contributed by atoms with Gasteiger partial charge in [-0.15, -0.1) is 11.3 Å². The summed E-state index contributed by atoms with van der Waals surface area (Å²) in [5.41, 5.74) is 2.18. The lowest BCUT2D eigenvalue weighted by Crippen LogP contribution is -2.44. The number of benzene rings is 2. The van der Waals surface area contributed by atoms with E-state index < -0.39 is 10.0 Å². The van der Waals surface area contributed by atoms with Crippen molar-refractivity contribution in [1.82, 2.24) is 9.21 Å². The van der Waals surface area contributed by atoms with Gasteiger partial charge in [-0.3, -0.25) is 4.79 Å². The molecule has 35 heavy (non-hydrogen) atoms. The first-order valence-corrected chi connectivity index (χ1v) is 15.0. The lowest BCUT2D eigenvalue weighted by molar-refractivity contribution is -0.138. The van der Waals surface area contributed by atoms with Crippen molar-refractivity contribution in [3.63, 3.8) is 0 Å². The van der Waals surface area contributed by atoms with Crippen molar-refractivity contribution in [1.29, 1.82) is 0 Å². The normalized spacial score (nSPS) is 15.3. The molecule has 0 spiro atoms. The number of aryl methyl sites for hydroxylation is 1. The van der Waals surface area contributed by atoms with Crippen LogP contribution in [0.2, 0.25) is 10.0 Å². The molecule has 0 atom stereocenters. The highest BCUT2D eigenvalue weighted by atomic mass is 79.9. The van der Waals surface area contributed by atoms with Crippen molar-refractivity contribution in [2.75, 3.05) is 13.1 Å². The summed E-state index contributed by atoms with van der Waals surface area (Å²) in [7, 11) is -3.80. The Bertz CT molecular complexity index is 1310. The van der Waals surface area contributed by atoms with Crippen LogP contribution in [0.4, 0.5) is 0 Å². The van der Waals surface area contributed by atoms with Gasteiger partial charge in [0.2, 0.25) is 15.9 Å². The fraction of sp³-hybridized carbons (Fsp3) is 0.320. The highest BCUT2D eigenvalue weighted by molar-refractivity contribution is 9.10. The van der Waals surface area contributed by atoms with E-state index in [1.807, 2.05) is 47.5 Å². The molecule has 4 rings (SSSR count). The largest absolute Gasteiger partial charge is 0.333 e. The third kappa shape index (κ3) is 6.29. The Labute approximate surface area is 228 Å². The van der Waals surface area contributed by atoms with Crippen LogP contribution >= 0.6 is 50.5 Å². The highest BCUT2D eigenvalue weighted by Gasteiger charge is 2.35. The quantitative estimate of drug-likeness (QED) is 0.295. The Morgan fingerprint density at radius 1 is 1.11 bits per heavy atom. The maximum atomic E-state index is 13.6. The maximum Gasteiger partial charge on any atom is 0.244 e. The molecule has 1 aromatic heterocycles. The summed E-state index contributed by atoms with van der Waals surface area (Å²) in [4.78, 5) is 16.6. The van der Waals surface area contributed by atoms with E-state index in [9.17, 15) is 13.2 Å². The lowest BCUT2D eigenvalue weighted by atomic mass is 9.96. The number of carbonyl (C=O) groups is 1. The minimum atomic E-state index is -3.80. The van der Waals surface area contributed by atoms with Crippen LogP contribution in [0.5, 0.6) is 0 Å². The zero-order valence-corrected chi connectivity index (χ0v) is 23.8. The number of amides is 1. The van der Waals surface area contributed by atoms with E-state index in [-0.39, 0.29) is 34.8 Å². The molecule has 1 fully saturated rings. The molecule has 1 amide bonds. The Balaban J connectivity index is 1.49. The number of hydrogen-bond donors (Lipinski definition) is 0. The summed E-state index contributed by atoms with van der Waals surface area (Å²) < 4.78 is 28.7. The SMILES string of the molecule is Cc1ccc(CN(Cc2cccs2)C(=O)C2CCN(S(=O)(=O)c3cc(Cl)ccc3Cl)CC2)c(Br)c1. The fourth-order valence-corrected chi connectivity index (χ4v) is 7.75. The van der Waals surface area contributed by atoms with Gasteiger partial charge in [-0.2, -0.15) is 4.31 Å². The van der Waals surface area contributed by atoms with Crippen LogP contribution in [0.1, 0.15) is 28.8 Å². The number of thiophene rings is 1. The van der Waals surface area contributed by atoms with Gasteiger partial charge in [-0.25, -0.2) is 8.42 Å². The predicted molar refractivity (Wildman–Crippen MR) is 145 cm³/mol. The summed E-state index contributed by atoms with van der Waals surface area (Å²) >= 11 is 17.4. The molecule has 2 heterocycles. The van der Waals surface area contributed by atoms with Crippen molar-refractivity contribution < 1.29 is 13.2 Å². The zero-order valence-electron chi connectivity index (χ0n) is 19.1. The molecule has 0 radical (unpaired) electrons. The molecule has 5 nitrogen and oxygen atoms in total. The Morgan fingerprint density at radius 2 is 1.86 bits per heavy atom. The number of hydrogen-bond acceptors (Lipinski definition) is 4. The van der Waals surface area contributed by atoms with Gasteiger partial charge < -0.3 is 4.90 Å². The van der Waals surface area contributed by atoms with Crippen LogP contribution in [-0.2, 0) is 27.9 Å². The lowest BCUT2D eigenvalue weighted by Gasteiger charge is -2.34. The van der Waals surface area contributed by atoms with Crippen LogP contribution in [0.15, 0.2) is 63.3 Å². The van der Waals surface area contributed by atoms with Gasteiger partial charge in [-0.05, 0) is 66.6 Å². The van der Waals surface area contributed by atoms with E-state index >= 15 is 0 Å². The van der Waals surface area contributed by atoms with Gasteiger partial charge >= 0.3 is 0 Å². The van der Waals surface area contributed by atoms with Gasteiger partial charge in [0.25, 0.3) is 0 Å². The highest BCUT2D eigenvalue weighted by Crippen LogP contribution is 2.31. The molecule has 0 bridgehead atoms. The Kier molecular flexibility index (Phi) is 8.61. The van der Waals surface area contributed by atoms with Gasteiger partial charge in [0, 0.05) is 39.9 Å². The molecule has 0 aliphatic carbocycles. The van der Waals surface area contributed by atoms with E-state index in [0.717, 1.165) is 20.5 Å². The van der Waals surface area contributed by atoms with Gasteiger partial charge in [0.05, 0.1) is 11.6 Å². The zero-order chi connectivity index (χ0) is 25.2. The molecule has 1 aliphatic heterocycles. The second-order valence-corrected chi connectivity index (χ2v) is 13.3. The van der Waals surface area contributed by atoms with E-state index in [4.69, 9.17) is 23.2 Å². The molecular weight excluding hydrogens is 591 g/mol. The number of nitrogens with zero attached hydrogens (tertiary/aromatic N) is 2. The molecular formula is C25H25BrCl2N2O3S2. The van der Waals surface area contributed by atoms with Gasteiger partial charge in [0.1, 0.15) is 4.90 Å². The number of halogens is 3. The second kappa shape index (κ2) is 11.3. The van der Waals surface area contributed by atoms with Crippen molar-refractivity contribution in [2.45, 2.75) is 37.8 Å². The minimum Gasteiger partial charge on any atom is -0.333 e. The summed E-state index contributed by atoms with van der Waals surface area (Å²) in [6.07, 6.45) is 0.901. The molecule has 0 N–H and O–H groups in total. The van der Waals surface area contributed by atoms with Gasteiger partial charge in [-0.1, -0.05) is 57.3 Å². The van der Waals surface area contributed by atoms with Crippen LogP contribution in [0.3, 0.4) is 0 Å². The number of sulfonamides is 1. The molecule has 1 aliphatic rings. The smallest absolute Gasteiger partial charge is 0.244 e. The molecule has 2 aromatic carbocycles. The summed E-state index contributed by atoms with van der Waals surface area (Å²) in [6, 6.07) is 14.6. The van der Waals surface area contributed by atoms with E-state index in [2.05, 4.69) is 15.9 Å². The summed E-state index contributed by atoms with van der Waals surface area (Å²) in [6.45, 7) is 3.54. The Morgan fingerprint density at radius 3 is 2.51 bits per heavy atom. The number of piperidine rings is 1. The average molecular weight is 616 g/mol. The molecule has 3 aromatic rings. The van der Waals surface area contributed by atoms with E-state index in [0.29, 0.717) is 31.0 Å². The van der Waals surface area contributed by atoms with Crippen molar-refractivity contribution in [3.8, 4) is 0 Å². The predicted octanol–water partition coefficient (Wildman–Crippen LogP) is 6.76. The van der Waals surface area contributed by atoms with Gasteiger partial charge in [0.15, 0.2) is 0 Å². The molecule has 0 unspecified atom stereocenters. The van der Waals surface area contributed by atoms with Crippen LogP contribution in [0, 0.1) is 12.8 Å². The van der Waals surface area contributed by atoms with Crippen LogP contribution < -0.4 is 0 Å². The van der Waals surface area contributed by atoms with Crippen molar-refractivity contribution in [3.05, 3.63) is 84.4 Å². The third-order valence-electron chi connectivity index (χ3n) is 6.12. The number of rotatable bonds is 7. The number of carbonyl (C=O) groups excluding carboxylic acids is 1. The third-order valence-corrected chi connectivity index (χ3v) is 10.3. The molecule has 10 heteroatoms. The summed E-state index contributed by atoms with van der Waals surface area (Å²) in [5, 5.41) is 2.45. The average Bonchev–Trinajstić information content (AvgIpc) is 3.34. The maximum absolute atomic E-state index is 13.6. The first-order chi connectivity index (χ1) is 16.6. The van der Waals surface area contributed by atoms with E-state index in [1.165, 1.54) is 16.4 Å². The standard InChI is InChI=1S/C25H25BrCl2N2O3S2/c1-17-4-5-19(22(26)13-17)15-29(16-21-3-2-12-34-21)25(31)18-8-10-30(11-9-18)35(32,33)24-14-20(27)6-7-23(24)28/h2-7,12-14,18H,8-11,15-16H2,1H3. The molecule has 1 saturated heterocycles. The topological polar surface area (TPSA) is 57.7 Å². The molecule has 0 saturated carbocycles. The second-order valence-electron chi connectivity index (χ2n) is 8.62. The first kappa shape index (κ1) is 26.6. The Hall–Kier alpha value is -1.42. The summed E-state index contributed by atoms with van der Waals surface area (Å²) in [5.74, 6) is -0.204. The van der Waals surface area contributed by atoms with Crippen LogP contribution in [0.25, 0.3) is 0 Å². The van der Waals surface area contributed by atoms with Crippen molar-refractivity contribution in [2.24, 2.45) is 5.92 Å².